The van der Waals surface area contributed by atoms with E-state index < -0.39 is 5.60 Å². The van der Waals surface area contributed by atoms with E-state index in [0.29, 0.717) is 23.3 Å². The number of carbonyl (C=O) groups is 1. The van der Waals surface area contributed by atoms with Crippen LogP contribution in [0, 0.1) is 0 Å². The molecule has 1 aromatic rings. The third kappa shape index (κ3) is 4.65. The number of hydrogen-bond donors (Lipinski definition) is 0. The van der Waals surface area contributed by atoms with Crippen molar-refractivity contribution in [3.8, 4) is 5.88 Å². The molecule has 0 spiro atoms. The normalized spacial score (nSPS) is 18.4. The Balaban J connectivity index is 1.97. The van der Waals surface area contributed by atoms with Crippen LogP contribution in [0.1, 0.15) is 33.6 Å². The van der Waals surface area contributed by atoms with E-state index in [0.717, 1.165) is 12.8 Å². The van der Waals surface area contributed by atoms with Gasteiger partial charge in [-0.1, -0.05) is 23.2 Å². The van der Waals surface area contributed by atoms with Gasteiger partial charge in [0.05, 0.1) is 6.04 Å². The van der Waals surface area contributed by atoms with Crippen LogP contribution in [0.15, 0.2) is 12.1 Å². The molecular weight excluding hydrogens is 327 g/mol. The fourth-order valence-electron chi connectivity index (χ4n) is 2.25. The highest BCUT2D eigenvalue weighted by Gasteiger charge is 2.32. The molecule has 0 radical (unpaired) electrons. The first kappa shape index (κ1) is 17.2. The number of halogens is 2. The van der Waals surface area contributed by atoms with Crippen LogP contribution < -0.4 is 4.74 Å². The standard InChI is InChI=1S/C15H20Cl2N2O3/c1-15(2,3)22-14(20)19-8-4-5-10(19)9-21-13-11(16)6-7-12(17)18-13/h6-7,10H,4-5,8-9H2,1-3H3/t10-/m1/s1. The lowest BCUT2D eigenvalue weighted by molar-refractivity contribution is 0.0186. The monoisotopic (exact) mass is 346 g/mol. The summed E-state index contributed by atoms with van der Waals surface area (Å²) in [6.45, 7) is 6.53. The van der Waals surface area contributed by atoms with Crippen molar-refractivity contribution in [2.75, 3.05) is 13.2 Å². The molecule has 1 atom stereocenters. The zero-order valence-corrected chi connectivity index (χ0v) is 14.4. The highest BCUT2D eigenvalue weighted by molar-refractivity contribution is 6.33. The summed E-state index contributed by atoms with van der Waals surface area (Å²) in [7, 11) is 0. The summed E-state index contributed by atoms with van der Waals surface area (Å²) < 4.78 is 11.1. The molecule has 0 unspecified atom stereocenters. The molecule has 2 heterocycles. The maximum atomic E-state index is 12.2. The Morgan fingerprint density at radius 1 is 1.41 bits per heavy atom. The van der Waals surface area contributed by atoms with Crippen molar-refractivity contribution in [3.63, 3.8) is 0 Å². The number of carbonyl (C=O) groups excluding carboxylic acids is 1. The minimum atomic E-state index is -0.511. The maximum Gasteiger partial charge on any atom is 0.410 e. The Morgan fingerprint density at radius 3 is 2.82 bits per heavy atom. The third-order valence-corrected chi connectivity index (χ3v) is 3.70. The lowest BCUT2D eigenvalue weighted by atomic mass is 10.2. The number of ether oxygens (including phenoxy) is 2. The van der Waals surface area contributed by atoms with Crippen molar-refractivity contribution in [1.29, 1.82) is 0 Å². The summed E-state index contributed by atoms with van der Waals surface area (Å²) in [5.74, 6) is 0.283. The van der Waals surface area contributed by atoms with Crippen molar-refractivity contribution in [2.24, 2.45) is 0 Å². The highest BCUT2D eigenvalue weighted by Crippen LogP contribution is 2.26. The molecular formula is C15H20Cl2N2O3. The van der Waals surface area contributed by atoms with Crippen LogP contribution in [0.3, 0.4) is 0 Å². The first-order valence-electron chi connectivity index (χ1n) is 7.21. The predicted octanol–water partition coefficient (Wildman–Crippen LogP) is 4.17. The van der Waals surface area contributed by atoms with E-state index in [2.05, 4.69) is 4.98 Å². The minimum Gasteiger partial charge on any atom is -0.474 e. The summed E-state index contributed by atoms with van der Waals surface area (Å²) in [4.78, 5) is 17.9. The smallest absolute Gasteiger partial charge is 0.410 e. The van der Waals surface area contributed by atoms with Gasteiger partial charge in [-0.2, -0.15) is 0 Å². The lowest BCUT2D eigenvalue weighted by Crippen LogP contribution is -2.42. The average Bonchev–Trinajstić information content (AvgIpc) is 2.86. The summed E-state index contributed by atoms with van der Waals surface area (Å²) in [5, 5.41) is 0.709. The molecule has 22 heavy (non-hydrogen) atoms. The van der Waals surface area contributed by atoms with Gasteiger partial charge >= 0.3 is 6.09 Å². The number of nitrogens with zero attached hydrogens (tertiary/aromatic N) is 2. The molecule has 5 nitrogen and oxygen atoms in total. The minimum absolute atomic E-state index is 0.0494. The van der Waals surface area contributed by atoms with E-state index >= 15 is 0 Å². The Hall–Kier alpha value is -1.20. The van der Waals surface area contributed by atoms with Crippen LogP contribution in [0.4, 0.5) is 4.79 Å². The van der Waals surface area contributed by atoms with Gasteiger partial charge in [-0.15, -0.1) is 0 Å². The molecule has 0 bridgehead atoms. The maximum absolute atomic E-state index is 12.2. The molecule has 122 valence electrons. The number of rotatable bonds is 3. The Labute approximate surface area is 140 Å². The van der Waals surface area contributed by atoms with E-state index in [1.165, 1.54) is 0 Å². The zero-order valence-electron chi connectivity index (χ0n) is 12.9. The van der Waals surface area contributed by atoms with Gasteiger partial charge in [0.1, 0.15) is 22.4 Å². The second-order valence-corrected chi connectivity index (χ2v) is 7.00. The summed E-state index contributed by atoms with van der Waals surface area (Å²) in [6.07, 6.45) is 1.46. The number of hydrogen-bond acceptors (Lipinski definition) is 4. The molecule has 1 aliphatic rings. The number of pyridine rings is 1. The third-order valence-electron chi connectivity index (χ3n) is 3.20. The van der Waals surface area contributed by atoms with Crippen LogP contribution in [0.2, 0.25) is 10.2 Å². The molecule has 0 N–H and O–H groups in total. The number of likely N-dealkylation sites (tertiary alicyclic amines) is 1. The molecule has 1 amide bonds. The van der Waals surface area contributed by atoms with Gasteiger partial charge in [0, 0.05) is 6.54 Å². The average molecular weight is 347 g/mol. The first-order chi connectivity index (χ1) is 10.3. The van der Waals surface area contributed by atoms with E-state index in [9.17, 15) is 4.79 Å². The van der Waals surface area contributed by atoms with Crippen LogP contribution >= 0.6 is 23.2 Å². The molecule has 1 aliphatic heterocycles. The Morgan fingerprint density at radius 2 is 2.14 bits per heavy atom. The van der Waals surface area contributed by atoms with Gasteiger partial charge in [0.25, 0.3) is 0 Å². The van der Waals surface area contributed by atoms with Gasteiger partial charge in [-0.05, 0) is 45.7 Å². The molecule has 1 aromatic heterocycles. The quantitative estimate of drug-likeness (QED) is 0.770. The van der Waals surface area contributed by atoms with Crippen molar-refractivity contribution in [2.45, 2.75) is 45.3 Å². The summed E-state index contributed by atoms with van der Waals surface area (Å²) >= 11 is 11.8. The summed E-state index contributed by atoms with van der Waals surface area (Å²) in [6, 6.07) is 3.18. The van der Waals surface area contributed by atoms with Gasteiger partial charge in [0.15, 0.2) is 0 Å². The molecule has 0 saturated carbocycles. The van der Waals surface area contributed by atoms with E-state index in [-0.39, 0.29) is 18.0 Å². The van der Waals surface area contributed by atoms with Crippen molar-refractivity contribution < 1.29 is 14.3 Å². The fourth-order valence-corrected chi connectivity index (χ4v) is 2.55. The van der Waals surface area contributed by atoms with Crippen molar-refractivity contribution in [1.82, 2.24) is 9.88 Å². The van der Waals surface area contributed by atoms with Crippen molar-refractivity contribution >= 4 is 29.3 Å². The van der Waals surface area contributed by atoms with Crippen LogP contribution in [0.5, 0.6) is 5.88 Å². The Bertz CT molecular complexity index is 546. The summed E-state index contributed by atoms with van der Waals surface area (Å²) in [5.41, 5.74) is -0.511. The molecule has 2 rings (SSSR count). The van der Waals surface area contributed by atoms with Crippen molar-refractivity contribution in [3.05, 3.63) is 22.3 Å². The zero-order chi connectivity index (χ0) is 16.3. The molecule has 0 aliphatic carbocycles. The van der Waals surface area contributed by atoms with Gasteiger partial charge in [-0.25, -0.2) is 9.78 Å². The topological polar surface area (TPSA) is 51.7 Å². The Kier molecular flexibility index (Phi) is 5.40. The predicted molar refractivity (Wildman–Crippen MR) is 85.7 cm³/mol. The SMILES string of the molecule is CC(C)(C)OC(=O)N1CCC[C@@H]1COc1nc(Cl)ccc1Cl. The molecule has 7 heteroatoms. The van der Waals surface area contributed by atoms with Crippen LogP contribution in [0.25, 0.3) is 0 Å². The van der Waals surface area contributed by atoms with E-state index in [4.69, 9.17) is 32.7 Å². The fraction of sp³-hybridized carbons (Fsp3) is 0.600. The molecule has 1 saturated heterocycles. The second kappa shape index (κ2) is 6.92. The lowest BCUT2D eigenvalue weighted by Gasteiger charge is -2.28. The van der Waals surface area contributed by atoms with E-state index in [1.54, 1.807) is 17.0 Å². The molecule has 0 aromatic carbocycles. The van der Waals surface area contributed by atoms with Gasteiger partial charge in [0.2, 0.25) is 5.88 Å². The van der Waals surface area contributed by atoms with Crippen LogP contribution in [-0.2, 0) is 4.74 Å². The second-order valence-electron chi connectivity index (χ2n) is 6.20. The van der Waals surface area contributed by atoms with Gasteiger partial charge in [-0.3, -0.25) is 0 Å². The van der Waals surface area contributed by atoms with E-state index in [1.807, 2.05) is 20.8 Å². The molecule has 1 fully saturated rings. The first-order valence-corrected chi connectivity index (χ1v) is 7.96. The number of amides is 1. The number of aromatic nitrogens is 1. The highest BCUT2D eigenvalue weighted by atomic mass is 35.5. The van der Waals surface area contributed by atoms with Crippen LogP contribution in [-0.4, -0.2) is 40.8 Å². The largest absolute Gasteiger partial charge is 0.474 e. The van der Waals surface area contributed by atoms with Gasteiger partial charge < -0.3 is 14.4 Å².